The number of amides is 1. The van der Waals surface area contributed by atoms with Gasteiger partial charge in [0.05, 0.1) is 25.4 Å². The fourth-order valence-corrected chi connectivity index (χ4v) is 10.2. The second kappa shape index (κ2) is 60.2. The van der Waals surface area contributed by atoms with E-state index in [4.69, 9.17) is 4.74 Å². The lowest BCUT2D eigenvalue weighted by atomic mass is 10.0. The number of esters is 1. The van der Waals surface area contributed by atoms with Gasteiger partial charge < -0.3 is 20.3 Å². The topological polar surface area (TPSA) is 95.9 Å². The standard InChI is InChI=1S/C64H125NO5/c1-3-5-7-9-11-13-15-17-19-21-23-24-25-26-27-29-32-36-40-44-48-52-56-62(67)61(60-66)65-63(68)57-53-49-45-41-37-33-31-35-39-43-47-51-55-59-70-64(69)58-54-50-46-42-38-34-30-28-22-20-18-16-14-12-10-8-6-4-2/h52,56,61-62,66-67H,3-51,53-55,57-60H2,1-2H3,(H,65,68)/b56-52+. The first-order valence-electron chi connectivity index (χ1n) is 32.0. The zero-order valence-corrected chi connectivity index (χ0v) is 47.5. The summed E-state index contributed by atoms with van der Waals surface area (Å²) in [7, 11) is 0. The van der Waals surface area contributed by atoms with E-state index in [2.05, 4.69) is 19.2 Å². The summed E-state index contributed by atoms with van der Waals surface area (Å²) in [5.74, 6) is -0.0775. The molecule has 416 valence electrons. The van der Waals surface area contributed by atoms with Crippen molar-refractivity contribution in [2.75, 3.05) is 13.2 Å². The Morgan fingerprint density at radius 2 is 0.657 bits per heavy atom. The second-order valence-electron chi connectivity index (χ2n) is 22.1. The van der Waals surface area contributed by atoms with Crippen LogP contribution in [0.15, 0.2) is 12.2 Å². The van der Waals surface area contributed by atoms with Crippen LogP contribution in [0.2, 0.25) is 0 Å². The molecule has 0 aromatic rings. The molecule has 0 aromatic heterocycles. The molecular formula is C64H125NO5. The number of nitrogens with one attached hydrogen (secondary N) is 1. The van der Waals surface area contributed by atoms with E-state index < -0.39 is 12.1 Å². The van der Waals surface area contributed by atoms with Gasteiger partial charge in [0.1, 0.15) is 0 Å². The van der Waals surface area contributed by atoms with E-state index in [1.54, 1.807) is 6.08 Å². The lowest BCUT2D eigenvalue weighted by Crippen LogP contribution is -2.45. The quantitative estimate of drug-likeness (QED) is 0.0321. The summed E-state index contributed by atoms with van der Waals surface area (Å²) in [5, 5.41) is 23.2. The molecule has 2 atom stereocenters. The molecule has 0 saturated carbocycles. The molecule has 0 saturated heterocycles. The van der Waals surface area contributed by atoms with Crippen molar-refractivity contribution in [3.63, 3.8) is 0 Å². The molecule has 70 heavy (non-hydrogen) atoms. The van der Waals surface area contributed by atoms with Crippen LogP contribution in [-0.2, 0) is 14.3 Å². The summed E-state index contributed by atoms with van der Waals surface area (Å²) in [6, 6.07) is -0.638. The molecule has 0 fully saturated rings. The van der Waals surface area contributed by atoms with Gasteiger partial charge >= 0.3 is 5.97 Å². The first-order valence-corrected chi connectivity index (χ1v) is 32.0. The van der Waals surface area contributed by atoms with Gasteiger partial charge in [0.15, 0.2) is 0 Å². The zero-order chi connectivity index (χ0) is 50.7. The first-order chi connectivity index (χ1) is 34.5. The van der Waals surface area contributed by atoms with Crippen molar-refractivity contribution in [1.29, 1.82) is 0 Å². The van der Waals surface area contributed by atoms with Crippen LogP contribution >= 0.6 is 0 Å². The average Bonchev–Trinajstić information content (AvgIpc) is 3.36. The molecule has 1 amide bonds. The summed E-state index contributed by atoms with van der Waals surface area (Å²) in [4.78, 5) is 24.6. The Hall–Kier alpha value is -1.40. The normalized spacial score (nSPS) is 12.6. The molecule has 0 spiro atoms. The van der Waals surface area contributed by atoms with Crippen molar-refractivity contribution in [3.05, 3.63) is 12.2 Å². The van der Waals surface area contributed by atoms with Gasteiger partial charge in [-0.1, -0.05) is 328 Å². The Kier molecular flexibility index (Phi) is 59.0. The van der Waals surface area contributed by atoms with Gasteiger partial charge in [-0.3, -0.25) is 9.59 Å². The third-order valence-corrected chi connectivity index (χ3v) is 15.1. The number of hydrogen-bond acceptors (Lipinski definition) is 5. The lowest BCUT2D eigenvalue weighted by Gasteiger charge is -2.20. The third-order valence-electron chi connectivity index (χ3n) is 15.1. The maximum Gasteiger partial charge on any atom is 0.305 e. The maximum absolute atomic E-state index is 12.5. The molecule has 2 unspecified atom stereocenters. The molecule has 0 aliphatic rings. The molecule has 0 aliphatic heterocycles. The van der Waals surface area contributed by atoms with Crippen molar-refractivity contribution in [2.24, 2.45) is 0 Å². The number of aliphatic hydroxyl groups excluding tert-OH is 2. The summed E-state index contributed by atoms with van der Waals surface area (Å²) in [6.45, 7) is 4.92. The molecular weight excluding hydrogens is 863 g/mol. The SMILES string of the molecule is CCCCCCCCCCCCCCCCCCCCCC/C=C/C(O)C(CO)NC(=O)CCCCCCCCCCCCCCCOC(=O)CCCCCCCCCCCCCCCCCCCC. The highest BCUT2D eigenvalue weighted by Gasteiger charge is 2.18. The molecule has 6 nitrogen and oxygen atoms in total. The first kappa shape index (κ1) is 68.6. The lowest BCUT2D eigenvalue weighted by molar-refractivity contribution is -0.143. The Bertz CT molecular complexity index is 1050. The average molecular weight is 989 g/mol. The van der Waals surface area contributed by atoms with Gasteiger partial charge in [0.2, 0.25) is 5.91 Å². The minimum atomic E-state index is -0.853. The third kappa shape index (κ3) is 55.9. The van der Waals surface area contributed by atoms with E-state index >= 15 is 0 Å². The number of rotatable bonds is 60. The highest BCUT2D eigenvalue weighted by Crippen LogP contribution is 2.18. The van der Waals surface area contributed by atoms with Crippen LogP contribution in [-0.4, -0.2) is 47.4 Å². The molecule has 0 rings (SSSR count). The number of carbonyl (C=O) groups is 2. The Morgan fingerprint density at radius 3 is 0.971 bits per heavy atom. The number of ether oxygens (including phenoxy) is 1. The van der Waals surface area contributed by atoms with Gasteiger partial charge in [-0.05, 0) is 32.1 Å². The summed E-state index contributed by atoms with van der Waals surface area (Å²) >= 11 is 0. The fraction of sp³-hybridized carbons (Fsp3) is 0.938. The van der Waals surface area contributed by atoms with E-state index in [0.717, 1.165) is 57.8 Å². The van der Waals surface area contributed by atoms with Gasteiger partial charge in [0.25, 0.3) is 0 Å². The van der Waals surface area contributed by atoms with Crippen LogP contribution < -0.4 is 5.32 Å². The van der Waals surface area contributed by atoms with Crippen molar-refractivity contribution in [3.8, 4) is 0 Å². The van der Waals surface area contributed by atoms with Crippen LogP contribution in [0.4, 0.5) is 0 Å². The number of allylic oxidation sites excluding steroid dienone is 1. The minimum absolute atomic E-state index is 0.00125. The molecule has 0 aliphatic carbocycles. The highest BCUT2D eigenvalue weighted by atomic mass is 16.5. The van der Waals surface area contributed by atoms with E-state index in [-0.39, 0.29) is 18.5 Å². The molecule has 0 radical (unpaired) electrons. The van der Waals surface area contributed by atoms with Crippen molar-refractivity contribution in [2.45, 2.75) is 373 Å². The van der Waals surface area contributed by atoms with E-state index in [1.807, 2.05) is 6.08 Å². The Balaban J connectivity index is 3.45. The number of hydrogen-bond donors (Lipinski definition) is 3. The molecule has 0 aromatic carbocycles. The van der Waals surface area contributed by atoms with Gasteiger partial charge in [-0.2, -0.15) is 0 Å². The number of aliphatic hydroxyl groups is 2. The summed E-state index contributed by atoms with van der Waals surface area (Å²) < 4.78 is 5.49. The molecule has 3 N–H and O–H groups in total. The predicted molar refractivity (Wildman–Crippen MR) is 306 cm³/mol. The minimum Gasteiger partial charge on any atom is -0.466 e. The highest BCUT2D eigenvalue weighted by molar-refractivity contribution is 5.76. The Morgan fingerprint density at radius 1 is 0.386 bits per heavy atom. The van der Waals surface area contributed by atoms with Crippen LogP contribution in [0, 0.1) is 0 Å². The van der Waals surface area contributed by atoms with E-state index in [0.29, 0.717) is 19.4 Å². The van der Waals surface area contributed by atoms with Crippen LogP contribution in [0.5, 0.6) is 0 Å². The monoisotopic (exact) mass is 988 g/mol. The smallest absolute Gasteiger partial charge is 0.305 e. The zero-order valence-electron chi connectivity index (χ0n) is 47.5. The van der Waals surface area contributed by atoms with Gasteiger partial charge in [-0.15, -0.1) is 0 Å². The summed E-state index contributed by atoms with van der Waals surface area (Å²) in [6.07, 6.45) is 72.5. The maximum atomic E-state index is 12.5. The van der Waals surface area contributed by atoms with Crippen molar-refractivity contribution < 1.29 is 24.5 Å². The van der Waals surface area contributed by atoms with Crippen molar-refractivity contribution in [1.82, 2.24) is 5.32 Å². The van der Waals surface area contributed by atoms with Crippen molar-refractivity contribution >= 4 is 11.9 Å². The second-order valence-corrected chi connectivity index (χ2v) is 22.1. The van der Waals surface area contributed by atoms with E-state index in [1.165, 1.54) is 276 Å². The molecule has 6 heteroatoms. The van der Waals surface area contributed by atoms with Gasteiger partial charge in [0, 0.05) is 12.8 Å². The predicted octanol–water partition coefficient (Wildman–Crippen LogP) is 20.0. The molecule has 0 bridgehead atoms. The number of carbonyl (C=O) groups excluding carboxylic acids is 2. The summed E-state index contributed by atoms with van der Waals surface area (Å²) in [5.41, 5.74) is 0. The van der Waals surface area contributed by atoms with Gasteiger partial charge in [-0.25, -0.2) is 0 Å². The molecule has 0 heterocycles. The van der Waals surface area contributed by atoms with Crippen LogP contribution in [0.1, 0.15) is 361 Å². The van der Waals surface area contributed by atoms with Crippen LogP contribution in [0.25, 0.3) is 0 Å². The Labute approximate surface area is 438 Å². The fourth-order valence-electron chi connectivity index (χ4n) is 10.2. The largest absolute Gasteiger partial charge is 0.466 e. The number of unbranched alkanes of at least 4 members (excludes halogenated alkanes) is 49. The van der Waals surface area contributed by atoms with Crippen LogP contribution in [0.3, 0.4) is 0 Å². The van der Waals surface area contributed by atoms with E-state index in [9.17, 15) is 19.8 Å².